The number of fused-ring (bicyclic) bond motifs is 2. The quantitative estimate of drug-likeness (QED) is 0.570. The molecule has 0 saturated carbocycles. The summed E-state index contributed by atoms with van der Waals surface area (Å²) in [6.07, 6.45) is -2.77. The van der Waals surface area contributed by atoms with E-state index in [2.05, 4.69) is 24.8 Å². The molecule has 1 saturated heterocycles. The van der Waals surface area contributed by atoms with Gasteiger partial charge in [0.2, 0.25) is 11.8 Å². The van der Waals surface area contributed by atoms with Gasteiger partial charge in [-0.3, -0.25) is 9.69 Å². The monoisotopic (exact) mass is 494 g/mol. The molecule has 1 unspecified atom stereocenters. The number of nitrogens with zero attached hydrogens (tertiary/aromatic N) is 3. The van der Waals surface area contributed by atoms with E-state index in [1.54, 1.807) is 24.1 Å². The first-order valence-electron chi connectivity index (χ1n) is 10.6. The van der Waals surface area contributed by atoms with Gasteiger partial charge in [0.25, 0.3) is 0 Å². The van der Waals surface area contributed by atoms with Crippen LogP contribution in [0.5, 0.6) is 17.4 Å². The highest BCUT2D eigenvalue weighted by Gasteiger charge is 2.43. The number of carbonyl (C=O) groups excluding carboxylic acids is 1. The molecule has 1 aromatic carbocycles. The van der Waals surface area contributed by atoms with Crippen LogP contribution >= 0.6 is 11.3 Å². The zero-order valence-electron chi connectivity index (χ0n) is 18.3. The Labute approximate surface area is 196 Å². The number of hydrogen-bond donors (Lipinski definition) is 1. The van der Waals surface area contributed by atoms with Crippen LogP contribution in [0.4, 0.5) is 18.3 Å². The zero-order valence-corrected chi connectivity index (χ0v) is 19.1. The smallest absolute Gasteiger partial charge is 0.481 e. The highest BCUT2D eigenvalue weighted by molar-refractivity contribution is 7.22. The number of pyridine rings is 1. The van der Waals surface area contributed by atoms with Gasteiger partial charge in [-0.05, 0) is 18.9 Å². The second-order valence-electron chi connectivity index (χ2n) is 8.24. The first-order valence-corrected chi connectivity index (χ1v) is 11.4. The molecule has 4 heterocycles. The molecule has 8 nitrogen and oxygen atoms in total. The molecule has 3 atom stereocenters. The van der Waals surface area contributed by atoms with Crippen LogP contribution in [0, 0.1) is 0 Å². The van der Waals surface area contributed by atoms with Gasteiger partial charge in [0.1, 0.15) is 6.17 Å². The summed E-state index contributed by atoms with van der Waals surface area (Å²) in [7, 11) is 1.53. The van der Waals surface area contributed by atoms with E-state index in [-0.39, 0.29) is 29.9 Å². The zero-order chi connectivity index (χ0) is 24.0. The lowest BCUT2D eigenvalue weighted by Gasteiger charge is -2.37. The van der Waals surface area contributed by atoms with Gasteiger partial charge < -0.3 is 19.5 Å². The van der Waals surface area contributed by atoms with Crippen LogP contribution in [0.1, 0.15) is 24.8 Å². The number of piperidine rings is 1. The van der Waals surface area contributed by atoms with Crippen molar-refractivity contribution in [1.29, 1.82) is 0 Å². The fraction of sp³-hybridized carbons (Fsp3) is 0.409. The van der Waals surface area contributed by atoms with Crippen molar-refractivity contribution >= 4 is 32.6 Å². The molecule has 12 heteroatoms. The van der Waals surface area contributed by atoms with Gasteiger partial charge in [-0.15, -0.1) is 8.78 Å². The molecule has 1 N–H and O–H groups in total. The van der Waals surface area contributed by atoms with Crippen molar-refractivity contribution in [3.63, 3.8) is 0 Å². The Hall–Kier alpha value is -3.12. The van der Waals surface area contributed by atoms with Crippen molar-refractivity contribution in [2.24, 2.45) is 0 Å². The Bertz CT molecular complexity index is 1180. The summed E-state index contributed by atoms with van der Waals surface area (Å²) in [4.78, 5) is 23.2. The fourth-order valence-electron chi connectivity index (χ4n) is 4.18. The maximum atomic E-state index is 14.6. The molecule has 5 rings (SSSR count). The number of likely N-dealkylation sites (tertiary alicyclic amines) is 1. The number of aromatic nitrogens is 2. The molecular formula is C22H21F3N4O4S. The SMILES string of the molecule is COc1ccc(C2C[C@@H](F)CN([C@@H](C)C(=O)Nc3nc4cc5c(cc4s3)OC(F)(F)O5)C2)cn1. The highest BCUT2D eigenvalue weighted by Crippen LogP contribution is 2.44. The van der Waals surface area contributed by atoms with E-state index < -0.39 is 18.5 Å². The van der Waals surface area contributed by atoms with Gasteiger partial charge in [-0.25, -0.2) is 14.4 Å². The molecule has 2 aliphatic rings. The van der Waals surface area contributed by atoms with E-state index in [0.29, 0.717) is 34.2 Å². The summed E-state index contributed by atoms with van der Waals surface area (Å²) in [5.41, 5.74) is 1.27. The van der Waals surface area contributed by atoms with Crippen LogP contribution in [0.3, 0.4) is 0 Å². The predicted molar refractivity (Wildman–Crippen MR) is 119 cm³/mol. The molecule has 1 fully saturated rings. The number of alkyl halides is 3. The van der Waals surface area contributed by atoms with E-state index in [0.717, 1.165) is 16.9 Å². The Morgan fingerprint density at radius 1 is 1.29 bits per heavy atom. The molecule has 0 bridgehead atoms. The van der Waals surface area contributed by atoms with Crippen molar-refractivity contribution in [2.45, 2.75) is 37.8 Å². The minimum absolute atomic E-state index is 0.0891. The van der Waals surface area contributed by atoms with Crippen molar-refractivity contribution in [1.82, 2.24) is 14.9 Å². The molecule has 3 aromatic rings. The normalized spacial score (nSPS) is 22.5. The molecule has 1 amide bonds. The predicted octanol–water partition coefficient (Wildman–Crippen LogP) is 4.18. The standard InChI is InChI=1S/C22H21F3N4O4S/c1-11(29-9-13(5-14(23)10-29)12-3-4-19(31-2)26-8-12)20(30)28-21-27-15-6-16-17(7-18(15)34-21)33-22(24,25)32-16/h3-4,6-8,11,13-14H,5,9-10H2,1-2H3,(H,27,28,30)/t11-,13?,14+/m0/s1. The van der Waals surface area contributed by atoms with E-state index in [4.69, 9.17) is 4.74 Å². The molecule has 34 heavy (non-hydrogen) atoms. The van der Waals surface area contributed by atoms with Crippen LogP contribution < -0.4 is 19.5 Å². The van der Waals surface area contributed by atoms with Crippen LogP contribution in [-0.4, -0.2) is 59.5 Å². The Kier molecular flexibility index (Phi) is 5.72. The number of amides is 1. The molecule has 2 aromatic heterocycles. The first kappa shape index (κ1) is 22.7. The lowest BCUT2D eigenvalue weighted by Crippen LogP contribution is -2.49. The lowest BCUT2D eigenvalue weighted by molar-refractivity contribution is -0.286. The summed E-state index contributed by atoms with van der Waals surface area (Å²) in [6.45, 7) is 2.35. The van der Waals surface area contributed by atoms with Gasteiger partial charge >= 0.3 is 6.29 Å². The third-order valence-electron chi connectivity index (χ3n) is 5.94. The van der Waals surface area contributed by atoms with Gasteiger partial charge in [0.15, 0.2) is 16.6 Å². The third kappa shape index (κ3) is 4.47. The molecule has 180 valence electrons. The fourth-order valence-corrected chi connectivity index (χ4v) is 5.06. The number of methoxy groups -OCH3 is 1. The van der Waals surface area contributed by atoms with Crippen LogP contribution in [0.25, 0.3) is 10.2 Å². The number of anilines is 1. The van der Waals surface area contributed by atoms with Crippen molar-refractivity contribution < 1.29 is 32.2 Å². The lowest BCUT2D eigenvalue weighted by atomic mass is 9.90. The minimum atomic E-state index is -3.71. The summed E-state index contributed by atoms with van der Waals surface area (Å²) in [5.74, 6) is -0.176. The number of thiazole rings is 1. The number of benzene rings is 1. The van der Waals surface area contributed by atoms with Gasteiger partial charge in [-0.1, -0.05) is 17.4 Å². The summed E-state index contributed by atoms with van der Waals surface area (Å²) in [6, 6.07) is 5.72. The second kappa shape index (κ2) is 8.58. The average Bonchev–Trinajstić information content (AvgIpc) is 3.32. The van der Waals surface area contributed by atoms with Crippen molar-refractivity contribution in [2.75, 3.05) is 25.5 Å². The third-order valence-corrected chi connectivity index (χ3v) is 6.87. The second-order valence-corrected chi connectivity index (χ2v) is 9.27. The largest absolute Gasteiger partial charge is 0.586 e. The molecule has 0 spiro atoms. The molecule has 2 aliphatic heterocycles. The number of halogens is 3. The number of ether oxygens (including phenoxy) is 3. The van der Waals surface area contributed by atoms with Crippen LogP contribution in [-0.2, 0) is 4.79 Å². The highest BCUT2D eigenvalue weighted by atomic mass is 32.1. The minimum Gasteiger partial charge on any atom is -0.481 e. The van der Waals surface area contributed by atoms with E-state index in [1.807, 2.05) is 6.07 Å². The first-order chi connectivity index (χ1) is 16.2. The number of hydrogen-bond acceptors (Lipinski definition) is 8. The van der Waals surface area contributed by atoms with Gasteiger partial charge in [0, 0.05) is 43.4 Å². The summed E-state index contributed by atoms with van der Waals surface area (Å²) in [5, 5.41) is 3.05. The maximum absolute atomic E-state index is 14.6. The number of carbonyl (C=O) groups is 1. The van der Waals surface area contributed by atoms with Crippen LogP contribution in [0.2, 0.25) is 0 Å². The van der Waals surface area contributed by atoms with E-state index in [1.165, 1.54) is 19.2 Å². The number of nitrogens with one attached hydrogen (secondary N) is 1. The van der Waals surface area contributed by atoms with Crippen molar-refractivity contribution in [3.8, 4) is 17.4 Å². The molecule has 0 radical (unpaired) electrons. The average molecular weight is 494 g/mol. The van der Waals surface area contributed by atoms with Gasteiger partial charge in [-0.2, -0.15) is 0 Å². The Morgan fingerprint density at radius 2 is 2.06 bits per heavy atom. The maximum Gasteiger partial charge on any atom is 0.586 e. The van der Waals surface area contributed by atoms with Crippen molar-refractivity contribution in [3.05, 3.63) is 36.0 Å². The number of rotatable bonds is 5. The van der Waals surface area contributed by atoms with E-state index in [9.17, 15) is 18.0 Å². The summed E-state index contributed by atoms with van der Waals surface area (Å²) < 4.78 is 55.6. The molecular weight excluding hydrogens is 473 g/mol. The summed E-state index contributed by atoms with van der Waals surface area (Å²) >= 11 is 1.12. The van der Waals surface area contributed by atoms with Gasteiger partial charge in [0.05, 0.1) is 23.4 Å². The molecule has 0 aliphatic carbocycles. The van der Waals surface area contributed by atoms with Crippen LogP contribution in [0.15, 0.2) is 30.5 Å². The Balaban J connectivity index is 1.27. The topological polar surface area (TPSA) is 85.8 Å². The Morgan fingerprint density at radius 3 is 2.76 bits per heavy atom. The van der Waals surface area contributed by atoms with E-state index >= 15 is 0 Å².